The number of amides is 3. The van der Waals surface area contributed by atoms with E-state index < -0.39 is 0 Å². The van der Waals surface area contributed by atoms with E-state index in [-0.39, 0.29) is 24.0 Å². The van der Waals surface area contributed by atoms with Gasteiger partial charge in [-0.25, -0.2) is 4.79 Å². The molecule has 0 spiro atoms. The van der Waals surface area contributed by atoms with Gasteiger partial charge in [0.05, 0.1) is 51.0 Å². The van der Waals surface area contributed by atoms with Crippen molar-refractivity contribution in [3.05, 3.63) is 42.1 Å². The van der Waals surface area contributed by atoms with Crippen LogP contribution >= 0.6 is 11.8 Å². The molecule has 234 valence electrons. The Labute approximate surface area is 262 Å². The fraction of sp³-hybridized carbons (Fsp3) is 0.485. The van der Waals surface area contributed by atoms with Crippen molar-refractivity contribution in [2.75, 3.05) is 40.2 Å². The summed E-state index contributed by atoms with van der Waals surface area (Å²) in [6.07, 6.45) is 7.07. The van der Waals surface area contributed by atoms with Gasteiger partial charge >= 0.3 is 6.03 Å². The summed E-state index contributed by atoms with van der Waals surface area (Å²) >= 11 is 1.91. The largest absolute Gasteiger partial charge is 0.493 e. The molecule has 0 radical (unpaired) electrons. The number of hydrogen-bond donors (Lipinski definition) is 3. The molecule has 1 aromatic heterocycles. The molecule has 3 aromatic rings. The van der Waals surface area contributed by atoms with Crippen LogP contribution in [-0.4, -0.2) is 69.5 Å². The van der Waals surface area contributed by atoms with Crippen LogP contribution in [0.2, 0.25) is 0 Å². The molecule has 2 fully saturated rings. The van der Waals surface area contributed by atoms with Crippen molar-refractivity contribution in [2.45, 2.75) is 62.4 Å². The van der Waals surface area contributed by atoms with E-state index in [9.17, 15) is 9.59 Å². The lowest BCUT2D eigenvalue weighted by Crippen LogP contribution is -2.40. The average molecular weight is 622 g/mol. The summed E-state index contributed by atoms with van der Waals surface area (Å²) in [7, 11) is 4.98. The van der Waals surface area contributed by atoms with Crippen molar-refractivity contribution in [1.29, 1.82) is 0 Å². The summed E-state index contributed by atoms with van der Waals surface area (Å²) in [6.45, 7) is 1.89. The number of benzene rings is 2. The molecule has 3 aliphatic heterocycles. The van der Waals surface area contributed by atoms with Gasteiger partial charge in [-0.05, 0) is 54.5 Å². The van der Waals surface area contributed by atoms with Crippen molar-refractivity contribution in [3.8, 4) is 34.3 Å². The van der Waals surface area contributed by atoms with E-state index in [0.717, 1.165) is 71.5 Å². The summed E-state index contributed by atoms with van der Waals surface area (Å²) in [6, 6.07) is 10.7. The first-order valence-corrected chi connectivity index (χ1v) is 16.4. The molecule has 3 amide bonds. The van der Waals surface area contributed by atoms with E-state index in [0.29, 0.717) is 42.7 Å². The second-order valence-electron chi connectivity index (χ2n) is 11.5. The maximum Gasteiger partial charge on any atom is 0.315 e. The van der Waals surface area contributed by atoms with Crippen LogP contribution in [0.1, 0.15) is 37.7 Å². The summed E-state index contributed by atoms with van der Waals surface area (Å²) in [5, 5.41) is 11.5. The van der Waals surface area contributed by atoms with Gasteiger partial charge < -0.3 is 34.9 Å². The maximum atomic E-state index is 12.3. The van der Waals surface area contributed by atoms with Crippen molar-refractivity contribution in [1.82, 2.24) is 16.0 Å². The summed E-state index contributed by atoms with van der Waals surface area (Å²) < 4.78 is 25.3. The van der Waals surface area contributed by atoms with Crippen LogP contribution in [0.3, 0.4) is 0 Å². The molecule has 0 bridgehead atoms. The van der Waals surface area contributed by atoms with Crippen molar-refractivity contribution >= 4 is 34.5 Å². The Morgan fingerprint density at radius 2 is 1.89 bits per heavy atom. The van der Waals surface area contributed by atoms with Gasteiger partial charge in [0.1, 0.15) is 0 Å². The fourth-order valence-electron chi connectivity index (χ4n) is 6.50. The van der Waals surface area contributed by atoms with Crippen LogP contribution < -0.4 is 39.5 Å². The zero-order valence-electron chi connectivity index (χ0n) is 25.6. The highest BCUT2D eigenvalue weighted by Crippen LogP contribution is 2.40. The molecule has 4 heterocycles. The first-order chi connectivity index (χ1) is 21.5. The number of thioether (sulfide) groups is 1. The molecule has 3 aliphatic rings. The zero-order valence-corrected chi connectivity index (χ0v) is 26.4. The number of nitrogens with zero attached hydrogens (tertiary/aromatic N) is 1. The predicted octanol–water partition coefficient (Wildman–Crippen LogP) is 3.99. The van der Waals surface area contributed by atoms with Gasteiger partial charge in [0.2, 0.25) is 11.6 Å². The molecule has 3 atom stereocenters. The number of aryl methyl sites for hydroxylation is 2. The minimum atomic E-state index is -0.0546. The molecular formula is C33H41N4O6S+. The number of hydrogen-bond acceptors (Lipinski definition) is 7. The Hall–Kier alpha value is -3.86. The molecule has 0 unspecified atom stereocenters. The fourth-order valence-corrected chi connectivity index (χ4v) is 8.05. The van der Waals surface area contributed by atoms with Crippen molar-refractivity contribution in [2.24, 2.45) is 0 Å². The SMILES string of the molecule is COc1cc2c(cc1OCCCNC(=O)CCCC[C@@H]1SC[C@@H]3NC(=O)N[C@@H]31)CC[n+]1cc3c(OC)c(OC)ccc3cc1-2. The predicted molar refractivity (Wildman–Crippen MR) is 170 cm³/mol. The molecule has 0 saturated carbocycles. The Morgan fingerprint density at radius 3 is 2.70 bits per heavy atom. The third kappa shape index (κ3) is 6.20. The topological polar surface area (TPSA) is 111 Å². The van der Waals surface area contributed by atoms with Crippen LogP contribution in [0, 0.1) is 0 Å². The van der Waals surface area contributed by atoms with Crippen LogP contribution in [-0.2, 0) is 17.8 Å². The molecular weight excluding hydrogens is 580 g/mol. The standard InChI is InChI=1S/C33H40N4O6S/c1-40-26-10-9-20-15-25-22-17-27(41-2)28(16-21(22)11-13-37(25)18-23(20)32(26)42-3)43-14-6-12-34-30(38)8-5-4-7-29-31-24(19-44-29)35-33(39)36-31/h9-10,15-18,24,29,31H,4-8,11-14,19H2,1-3H3,(H2-,34,35,36,38,39)/p+1/t24-,29-,31-/m0/s1. The van der Waals surface area contributed by atoms with E-state index in [2.05, 4.69) is 51.0 Å². The Balaban J connectivity index is 0.987. The maximum absolute atomic E-state index is 12.3. The van der Waals surface area contributed by atoms with Gasteiger partial charge in [-0.1, -0.05) is 6.42 Å². The number of urea groups is 1. The third-order valence-corrected chi connectivity index (χ3v) is 10.3. The molecule has 6 rings (SSSR count). The highest BCUT2D eigenvalue weighted by Gasteiger charge is 2.42. The minimum absolute atomic E-state index is 0.0546. The summed E-state index contributed by atoms with van der Waals surface area (Å²) in [5.41, 5.74) is 3.46. The molecule has 2 aromatic carbocycles. The minimum Gasteiger partial charge on any atom is -0.493 e. The van der Waals surface area contributed by atoms with E-state index in [1.807, 2.05) is 17.8 Å². The number of carbonyl (C=O) groups excluding carboxylic acids is 2. The number of rotatable bonds is 13. The van der Waals surface area contributed by atoms with Crippen molar-refractivity contribution < 1.29 is 33.1 Å². The normalized spacial score (nSPS) is 19.8. The first-order valence-electron chi connectivity index (χ1n) is 15.4. The zero-order chi connectivity index (χ0) is 30.6. The number of ether oxygens (including phenoxy) is 4. The van der Waals surface area contributed by atoms with Gasteiger partial charge in [0.15, 0.2) is 35.7 Å². The van der Waals surface area contributed by atoms with Crippen LogP contribution in [0.25, 0.3) is 22.0 Å². The van der Waals surface area contributed by atoms with E-state index in [1.54, 1.807) is 21.3 Å². The van der Waals surface area contributed by atoms with E-state index >= 15 is 0 Å². The van der Waals surface area contributed by atoms with E-state index in [4.69, 9.17) is 18.9 Å². The number of fused-ring (bicyclic) bond motifs is 5. The lowest BCUT2D eigenvalue weighted by Gasteiger charge is -2.19. The number of pyridine rings is 1. The summed E-state index contributed by atoms with van der Waals surface area (Å²) in [5.74, 6) is 3.90. The highest BCUT2D eigenvalue weighted by atomic mass is 32.2. The molecule has 3 N–H and O–H groups in total. The number of unbranched alkanes of at least 4 members (excludes halogenated alkanes) is 1. The molecule has 11 heteroatoms. The Kier molecular flexibility index (Phi) is 9.20. The van der Waals surface area contributed by atoms with Gasteiger partial charge in [-0.15, -0.1) is 0 Å². The van der Waals surface area contributed by atoms with Crippen LogP contribution in [0.4, 0.5) is 4.79 Å². The van der Waals surface area contributed by atoms with Gasteiger partial charge in [-0.3, -0.25) is 4.79 Å². The van der Waals surface area contributed by atoms with Crippen LogP contribution in [0.15, 0.2) is 36.5 Å². The second kappa shape index (κ2) is 13.4. The first kappa shape index (κ1) is 30.2. The molecule has 10 nitrogen and oxygen atoms in total. The smallest absolute Gasteiger partial charge is 0.315 e. The average Bonchev–Trinajstić information content (AvgIpc) is 3.59. The van der Waals surface area contributed by atoms with Gasteiger partial charge in [-0.2, -0.15) is 16.3 Å². The highest BCUT2D eigenvalue weighted by molar-refractivity contribution is 8.00. The number of aromatic nitrogens is 1. The van der Waals surface area contributed by atoms with Crippen molar-refractivity contribution in [3.63, 3.8) is 0 Å². The van der Waals surface area contributed by atoms with Crippen LogP contribution in [0.5, 0.6) is 23.0 Å². The lowest BCUT2D eigenvalue weighted by atomic mass is 9.95. The number of nitrogens with one attached hydrogen (secondary N) is 3. The summed E-state index contributed by atoms with van der Waals surface area (Å²) in [4.78, 5) is 23.9. The van der Waals surface area contributed by atoms with Gasteiger partial charge in [0.25, 0.3) is 0 Å². The molecule has 2 saturated heterocycles. The Morgan fingerprint density at radius 1 is 1.02 bits per heavy atom. The quantitative estimate of drug-likeness (QED) is 0.150. The monoisotopic (exact) mass is 621 g/mol. The van der Waals surface area contributed by atoms with Gasteiger partial charge in [0, 0.05) is 36.5 Å². The number of carbonyl (C=O) groups is 2. The third-order valence-electron chi connectivity index (χ3n) is 8.77. The number of methoxy groups -OCH3 is 3. The van der Waals surface area contributed by atoms with E-state index in [1.165, 1.54) is 5.56 Å². The molecule has 44 heavy (non-hydrogen) atoms. The lowest BCUT2D eigenvalue weighted by molar-refractivity contribution is -0.686. The Bertz CT molecular complexity index is 1550. The molecule has 0 aliphatic carbocycles. The second-order valence-corrected chi connectivity index (χ2v) is 12.8.